The van der Waals surface area contributed by atoms with Crippen LogP contribution in [-0.2, 0) is 6.54 Å². The fraction of sp³-hybridized carbons (Fsp3) is 0.571. The number of hydrogen-bond donors (Lipinski definition) is 2. The summed E-state index contributed by atoms with van der Waals surface area (Å²) in [4.78, 5) is 2.08. The van der Waals surface area contributed by atoms with Gasteiger partial charge in [0, 0.05) is 18.6 Å². The molecule has 3 N–H and O–H groups in total. The Morgan fingerprint density at radius 3 is 2.39 bits per heavy atom. The first kappa shape index (κ1) is 15.0. The van der Waals surface area contributed by atoms with Crippen LogP contribution in [0.5, 0.6) is 5.75 Å². The summed E-state index contributed by atoms with van der Waals surface area (Å²) in [5.74, 6) is 0.849. The number of aliphatic hydroxyl groups is 1. The third kappa shape index (κ3) is 4.29. The van der Waals surface area contributed by atoms with Crippen molar-refractivity contribution in [2.45, 2.75) is 25.9 Å². The van der Waals surface area contributed by atoms with Crippen LogP contribution < -0.4 is 10.5 Å². The van der Waals surface area contributed by atoms with Crippen LogP contribution in [0.1, 0.15) is 19.4 Å². The van der Waals surface area contributed by atoms with E-state index in [1.54, 1.807) is 0 Å². The van der Waals surface area contributed by atoms with E-state index in [2.05, 4.69) is 4.90 Å². The lowest BCUT2D eigenvalue weighted by Gasteiger charge is -2.33. The largest absolute Gasteiger partial charge is 0.492 e. The van der Waals surface area contributed by atoms with Gasteiger partial charge in [-0.25, -0.2) is 0 Å². The quantitative estimate of drug-likeness (QED) is 0.766. The number of benzene rings is 1. The van der Waals surface area contributed by atoms with Crippen LogP contribution in [0, 0.1) is 0 Å². The average molecular weight is 252 g/mol. The van der Waals surface area contributed by atoms with Crippen molar-refractivity contribution in [3.63, 3.8) is 0 Å². The van der Waals surface area contributed by atoms with Gasteiger partial charge in [0.15, 0.2) is 0 Å². The predicted molar refractivity (Wildman–Crippen MR) is 73.6 cm³/mol. The van der Waals surface area contributed by atoms with Crippen LogP contribution >= 0.6 is 0 Å². The molecule has 18 heavy (non-hydrogen) atoms. The Bertz CT molecular complexity index is 349. The van der Waals surface area contributed by atoms with E-state index in [1.807, 2.05) is 45.2 Å². The van der Waals surface area contributed by atoms with E-state index in [9.17, 15) is 5.11 Å². The topological polar surface area (TPSA) is 58.7 Å². The Morgan fingerprint density at radius 1 is 1.28 bits per heavy atom. The van der Waals surface area contributed by atoms with Gasteiger partial charge in [0.2, 0.25) is 0 Å². The van der Waals surface area contributed by atoms with Gasteiger partial charge in [-0.1, -0.05) is 12.1 Å². The number of aliphatic hydroxyl groups excluding tert-OH is 1. The number of rotatable bonds is 7. The standard InChI is InChI=1S/C14H24N2O2/c1-14(2,11-17)16(3)8-9-18-13-6-4-12(10-15)5-7-13/h4-7,17H,8-11,15H2,1-3H3. The molecule has 0 aliphatic rings. The molecular weight excluding hydrogens is 228 g/mol. The van der Waals surface area contributed by atoms with Crippen molar-refractivity contribution in [2.75, 3.05) is 26.8 Å². The molecule has 0 saturated heterocycles. The monoisotopic (exact) mass is 252 g/mol. The third-order valence-electron chi connectivity index (χ3n) is 3.27. The van der Waals surface area contributed by atoms with Crippen LogP contribution in [-0.4, -0.2) is 42.4 Å². The van der Waals surface area contributed by atoms with Crippen LogP contribution in [0.4, 0.5) is 0 Å². The lowest BCUT2D eigenvalue weighted by atomic mass is 10.1. The Kier molecular flexibility index (Phi) is 5.59. The van der Waals surface area contributed by atoms with E-state index in [0.29, 0.717) is 13.2 Å². The Hall–Kier alpha value is -1.10. The average Bonchev–Trinajstić information content (AvgIpc) is 2.39. The van der Waals surface area contributed by atoms with Gasteiger partial charge < -0.3 is 15.6 Å². The minimum absolute atomic E-state index is 0.134. The van der Waals surface area contributed by atoms with E-state index in [0.717, 1.165) is 17.9 Å². The molecule has 0 unspecified atom stereocenters. The van der Waals surface area contributed by atoms with Crippen molar-refractivity contribution in [1.29, 1.82) is 0 Å². The summed E-state index contributed by atoms with van der Waals surface area (Å²) < 4.78 is 5.65. The molecule has 1 aromatic carbocycles. The SMILES string of the molecule is CN(CCOc1ccc(CN)cc1)C(C)(C)CO. The molecule has 4 heteroatoms. The van der Waals surface area contributed by atoms with E-state index < -0.39 is 0 Å². The van der Waals surface area contributed by atoms with Gasteiger partial charge in [0.25, 0.3) is 0 Å². The van der Waals surface area contributed by atoms with Crippen LogP contribution in [0.3, 0.4) is 0 Å². The zero-order valence-electron chi connectivity index (χ0n) is 11.5. The highest BCUT2D eigenvalue weighted by atomic mass is 16.5. The highest BCUT2D eigenvalue weighted by Crippen LogP contribution is 2.13. The van der Waals surface area contributed by atoms with Gasteiger partial charge in [-0.3, -0.25) is 4.90 Å². The number of nitrogens with zero attached hydrogens (tertiary/aromatic N) is 1. The van der Waals surface area contributed by atoms with Crippen molar-refractivity contribution in [3.8, 4) is 5.75 Å². The molecule has 0 amide bonds. The Morgan fingerprint density at radius 2 is 1.89 bits per heavy atom. The second-order valence-corrected chi connectivity index (χ2v) is 5.09. The second kappa shape index (κ2) is 6.73. The maximum absolute atomic E-state index is 9.24. The Labute approximate surface area is 109 Å². The van der Waals surface area contributed by atoms with Crippen LogP contribution in [0.2, 0.25) is 0 Å². The summed E-state index contributed by atoms with van der Waals surface area (Å²) in [6, 6.07) is 7.80. The van der Waals surface area contributed by atoms with E-state index >= 15 is 0 Å². The molecule has 0 radical (unpaired) electrons. The third-order valence-corrected chi connectivity index (χ3v) is 3.27. The molecule has 0 heterocycles. The van der Waals surface area contributed by atoms with Crippen molar-refractivity contribution in [3.05, 3.63) is 29.8 Å². The fourth-order valence-electron chi connectivity index (χ4n) is 1.45. The maximum atomic E-state index is 9.24. The smallest absolute Gasteiger partial charge is 0.119 e. The molecule has 0 saturated carbocycles. The summed E-state index contributed by atoms with van der Waals surface area (Å²) in [6.45, 7) is 6.06. The highest BCUT2D eigenvalue weighted by molar-refractivity contribution is 5.27. The van der Waals surface area contributed by atoms with E-state index in [1.165, 1.54) is 0 Å². The van der Waals surface area contributed by atoms with Crippen LogP contribution in [0.25, 0.3) is 0 Å². The molecule has 102 valence electrons. The maximum Gasteiger partial charge on any atom is 0.119 e. The molecule has 0 aromatic heterocycles. The number of likely N-dealkylation sites (N-methyl/N-ethyl adjacent to an activating group) is 1. The van der Waals surface area contributed by atoms with Gasteiger partial charge in [-0.05, 0) is 38.6 Å². The number of nitrogens with two attached hydrogens (primary N) is 1. The van der Waals surface area contributed by atoms with Gasteiger partial charge in [-0.2, -0.15) is 0 Å². The van der Waals surface area contributed by atoms with Crippen LogP contribution in [0.15, 0.2) is 24.3 Å². The van der Waals surface area contributed by atoms with Gasteiger partial charge >= 0.3 is 0 Å². The lowest BCUT2D eigenvalue weighted by molar-refractivity contribution is 0.0679. The zero-order valence-corrected chi connectivity index (χ0v) is 11.5. The number of ether oxygens (including phenoxy) is 1. The lowest BCUT2D eigenvalue weighted by Crippen LogP contribution is -2.45. The summed E-state index contributed by atoms with van der Waals surface area (Å²) in [6.07, 6.45) is 0. The summed E-state index contributed by atoms with van der Waals surface area (Å²) in [5.41, 5.74) is 6.41. The molecule has 1 rings (SSSR count). The first-order valence-corrected chi connectivity index (χ1v) is 6.23. The Balaban J connectivity index is 2.37. The highest BCUT2D eigenvalue weighted by Gasteiger charge is 2.21. The molecular formula is C14H24N2O2. The van der Waals surface area contributed by atoms with Crippen molar-refractivity contribution >= 4 is 0 Å². The molecule has 0 fully saturated rings. The molecule has 0 aliphatic heterocycles. The molecule has 0 spiro atoms. The predicted octanol–water partition coefficient (Wildman–Crippen LogP) is 1.23. The fourth-order valence-corrected chi connectivity index (χ4v) is 1.45. The van der Waals surface area contributed by atoms with Crippen molar-refractivity contribution in [2.24, 2.45) is 5.73 Å². The van der Waals surface area contributed by atoms with E-state index in [4.69, 9.17) is 10.5 Å². The number of hydrogen-bond acceptors (Lipinski definition) is 4. The molecule has 0 atom stereocenters. The minimum Gasteiger partial charge on any atom is -0.492 e. The van der Waals surface area contributed by atoms with Gasteiger partial charge in [0.1, 0.15) is 12.4 Å². The molecule has 0 bridgehead atoms. The van der Waals surface area contributed by atoms with Crippen molar-refractivity contribution in [1.82, 2.24) is 4.90 Å². The van der Waals surface area contributed by atoms with Gasteiger partial charge in [-0.15, -0.1) is 0 Å². The first-order chi connectivity index (χ1) is 8.49. The minimum atomic E-state index is -0.216. The summed E-state index contributed by atoms with van der Waals surface area (Å²) in [7, 11) is 1.98. The first-order valence-electron chi connectivity index (χ1n) is 6.23. The normalized spacial score (nSPS) is 11.9. The van der Waals surface area contributed by atoms with E-state index in [-0.39, 0.29) is 12.1 Å². The summed E-state index contributed by atoms with van der Waals surface area (Å²) in [5, 5.41) is 9.24. The molecule has 0 aliphatic carbocycles. The molecule has 4 nitrogen and oxygen atoms in total. The van der Waals surface area contributed by atoms with Gasteiger partial charge in [0.05, 0.1) is 6.61 Å². The summed E-state index contributed by atoms with van der Waals surface area (Å²) >= 11 is 0. The zero-order chi connectivity index (χ0) is 13.6. The van der Waals surface area contributed by atoms with Crippen molar-refractivity contribution < 1.29 is 9.84 Å². The molecule has 1 aromatic rings. The second-order valence-electron chi connectivity index (χ2n) is 5.09.